The van der Waals surface area contributed by atoms with Gasteiger partial charge in [0.25, 0.3) is 0 Å². The lowest BCUT2D eigenvalue weighted by atomic mass is 9.98. The number of aliphatic hydroxyl groups excluding tert-OH is 1. The maximum atomic E-state index is 10.7. The van der Waals surface area contributed by atoms with E-state index in [2.05, 4.69) is 0 Å². The van der Waals surface area contributed by atoms with Crippen LogP contribution in [0, 0.1) is 0 Å². The molecular formula is C46H52O10. The zero-order valence-corrected chi connectivity index (χ0v) is 32.0. The smallest absolute Gasteiger partial charge is 0.187 e. The third-order valence-corrected chi connectivity index (χ3v) is 9.45. The molecule has 1 saturated heterocycles. The maximum Gasteiger partial charge on any atom is 0.187 e. The summed E-state index contributed by atoms with van der Waals surface area (Å²) in [4.78, 5) is 0. The van der Waals surface area contributed by atoms with Gasteiger partial charge in [0, 0.05) is 0 Å². The molecule has 0 bridgehead atoms. The van der Waals surface area contributed by atoms with Gasteiger partial charge in [0.1, 0.15) is 42.0 Å². The van der Waals surface area contributed by atoms with E-state index in [9.17, 15) is 5.11 Å². The second kappa shape index (κ2) is 22.2. The van der Waals surface area contributed by atoms with Crippen LogP contribution in [0.1, 0.15) is 27.8 Å². The van der Waals surface area contributed by atoms with Gasteiger partial charge in [-0.3, -0.25) is 0 Å². The van der Waals surface area contributed by atoms with E-state index in [4.69, 9.17) is 42.6 Å². The van der Waals surface area contributed by atoms with Gasteiger partial charge in [0.05, 0.1) is 67.1 Å². The van der Waals surface area contributed by atoms with Gasteiger partial charge >= 0.3 is 0 Å². The van der Waals surface area contributed by atoms with Gasteiger partial charge in [-0.05, 0) is 52.1 Å². The molecule has 0 unspecified atom stereocenters. The van der Waals surface area contributed by atoms with Gasteiger partial charge in [-0.15, -0.1) is 0 Å². The van der Waals surface area contributed by atoms with E-state index in [0.29, 0.717) is 26.4 Å². The van der Waals surface area contributed by atoms with Crippen LogP contribution in [0.15, 0.2) is 140 Å². The molecule has 6 atom stereocenters. The molecule has 1 aliphatic rings. The molecule has 1 fully saturated rings. The molecule has 0 saturated carbocycles. The van der Waals surface area contributed by atoms with E-state index in [1.54, 1.807) is 14.2 Å². The molecule has 1 aliphatic heterocycles. The van der Waals surface area contributed by atoms with Crippen LogP contribution in [0.5, 0.6) is 11.5 Å². The minimum Gasteiger partial charge on any atom is -0.497 e. The van der Waals surface area contributed by atoms with Crippen molar-refractivity contribution < 1.29 is 47.7 Å². The number of aliphatic hydroxyl groups is 1. The van der Waals surface area contributed by atoms with Crippen LogP contribution in [0.25, 0.3) is 0 Å². The minimum absolute atomic E-state index is 0.105. The highest BCUT2D eigenvalue weighted by Gasteiger charge is 2.49. The SMILES string of the molecule is COc1ccc(COC[C@H](CO[C@@H]2O[C@H](CO)[C@H](OCc3ccccc3)[C@H](OCc3ccccc3)[C@H]2OCc2ccccc2)OCc2ccc(OC)cc2)cc1. The predicted molar refractivity (Wildman–Crippen MR) is 211 cm³/mol. The van der Waals surface area contributed by atoms with E-state index >= 15 is 0 Å². The quantitative estimate of drug-likeness (QED) is 0.0773. The summed E-state index contributed by atoms with van der Waals surface area (Å²) in [7, 11) is 3.28. The fourth-order valence-corrected chi connectivity index (χ4v) is 6.34. The van der Waals surface area contributed by atoms with E-state index in [1.807, 2.05) is 140 Å². The summed E-state index contributed by atoms with van der Waals surface area (Å²) in [6, 6.07) is 45.2. The Morgan fingerprint density at radius 2 is 0.929 bits per heavy atom. The largest absolute Gasteiger partial charge is 0.497 e. The number of ether oxygens (including phenoxy) is 9. The predicted octanol–water partition coefficient (Wildman–Crippen LogP) is 7.30. The lowest BCUT2D eigenvalue weighted by molar-refractivity contribution is -0.330. The minimum atomic E-state index is -0.943. The molecule has 0 aromatic heterocycles. The molecular weight excluding hydrogens is 712 g/mol. The molecule has 10 nitrogen and oxygen atoms in total. The number of rotatable bonds is 22. The van der Waals surface area contributed by atoms with Crippen LogP contribution in [-0.2, 0) is 66.2 Å². The van der Waals surface area contributed by atoms with Gasteiger partial charge < -0.3 is 47.7 Å². The van der Waals surface area contributed by atoms with E-state index in [1.165, 1.54) is 0 Å². The number of methoxy groups -OCH3 is 2. The topological polar surface area (TPSA) is 103 Å². The van der Waals surface area contributed by atoms with Gasteiger partial charge in [-0.1, -0.05) is 115 Å². The molecule has 1 heterocycles. The second-order valence-electron chi connectivity index (χ2n) is 13.5. The van der Waals surface area contributed by atoms with Crippen molar-refractivity contribution in [3.63, 3.8) is 0 Å². The van der Waals surface area contributed by atoms with Crippen molar-refractivity contribution in [1.82, 2.24) is 0 Å². The first-order chi connectivity index (χ1) is 27.6. The summed E-state index contributed by atoms with van der Waals surface area (Å²) in [6.07, 6.45) is -4.31. The second-order valence-corrected chi connectivity index (χ2v) is 13.5. The Labute approximate surface area is 329 Å². The first-order valence-electron chi connectivity index (χ1n) is 18.9. The Morgan fingerprint density at radius 3 is 1.41 bits per heavy atom. The Morgan fingerprint density at radius 1 is 0.482 bits per heavy atom. The fraction of sp³-hybridized carbons (Fsp3) is 0.348. The first-order valence-corrected chi connectivity index (χ1v) is 18.9. The van der Waals surface area contributed by atoms with Crippen LogP contribution < -0.4 is 9.47 Å². The lowest BCUT2D eigenvalue weighted by Crippen LogP contribution is -2.62. The number of hydrogen-bond donors (Lipinski definition) is 1. The summed E-state index contributed by atoms with van der Waals surface area (Å²) in [5.74, 6) is 1.54. The van der Waals surface area contributed by atoms with E-state index in [0.717, 1.165) is 39.3 Å². The van der Waals surface area contributed by atoms with Crippen molar-refractivity contribution in [3.8, 4) is 11.5 Å². The fourth-order valence-electron chi connectivity index (χ4n) is 6.34. The highest BCUT2D eigenvalue weighted by Crippen LogP contribution is 2.31. The van der Waals surface area contributed by atoms with Crippen molar-refractivity contribution >= 4 is 0 Å². The summed E-state index contributed by atoms with van der Waals surface area (Å²) in [6.45, 7) is 1.58. The first kappa shape index (κ1) is 41.0. The normalized spacial score (nSPS) is 20.0. The van der Waals surface area contributed by atoms with Crippen molar-refractivity contribution in [2.45, 2.75) is 69.8 Å². The summed E-state index contributed by atoms with van der Waals surface area (Å²) in [5.41, 5.74) is 4.92. The lowest BCUT2D eigenvalue weighted by Gasteiger charge is -2.45. The Hall–Kier alpha value is -4.62. The van der Waals surface area contributed by atoms with Crippen molar-refractivity contribution in [2.75, 3.05) is 34.0 Å². The molecule has 0 aliphatic carbocycles. The molecule has 1 N–H and O–H groups in total. The average Bonchev–Trinajstić information content (AvgIpc) is 3.26. The maximum absolute atomic E-state index is 10.7. The molecule has 56 heavy (non-hydrogen) atoms. The van der Waals surface area contributed by atoms with Crippen LogP contribution in [0.2, 0.25) is 0 Å². The van der Waals surface area contributed by atoms with Gasteiger partial charge in [-0.25, -0.2) is 0 Å². The van der Waals surface area contributed by atoms with Gasteiger partial charge in [-0.2, -0.15) is 0 Å². The van der Waals surface area contributed by atoms with Crippen LogP contribution in [0.4, 0.5) is 0 Å². The molecule has 0 amide bonds. The van der Waals surface area contributed by atoms with Crippen LogP contribution in [0.3, 0.4) is 0 Å². The average molecular weight is 765 g/mol. The standard InChI is InChI=1S/C46H52O10/c1-48-39-22-18-37(19-23-39)27-50-32-41(51-28-38-20-24-40(49-2)25-21-38)33-55-46-45(54-31-36-16-10-5-11-17-36)44(53-30-35-14-8-4-9-15-35)43(42(26-47)56-46)52-29-34-12-6-3-7-13-34/h3-25,41-47H,26-33H2,1-2H3/t41-,42-,43+,44+,45-,46-/m1/s1. The molecule has 5 aromatic rings. The Bertz CT molecular complexity index is 1790. The van der Waals surface area contributed by atoms with E-state index in [-0.39, 0.29) is 26.4 Å². The highest BCUT2D eigenvalue weighted by molar-refractivity contribution is 5.27. The number of hydrogen-bond acceptors (Lipinski definition) is 10. The van der Waals surface area contributed by atoms with Crippen LogP contribution in [-0.4, -0.2) is 76.0 Å². The monoisotopic (exact) mass is 764 g/mol. The van der Waals surface area contributed by atoms with Crippen molar-refractivity contribution in [3.05, 3.63) is 167 Å². The molecule has 296 valence electrons. The molecule has 0 radical (unpaired) electrons. The molecule has 10 heteroatoms. The third-order valence-electron chi connectivity index (χ3n) is 9.45. The van der Waals surface area contributed by atoms with Gasteiger partial charge in [0.2, 0.25) is 0 Å². The van der Waals surface area contributed by atoms with Crippen molar-refractivity contribution in [1.29, 1.82) is 0 Å². The van der Waals surface area contributed by atoms with Crippen molar-refractivity contribution in [2.24, 2.45) is 0 Å². The Kier molecular flexibility index (Phi) is 16.3. The Balaban J connectivity index is 1.22. The third kappa shape index (κ3) is 12.4. The summed E-state index contributed by atoms with van der Waals surface area (Å²) in [5, 5.41) is 10.7. The number of benzene rings is 5. The molecule has 5 aromatic carbocycles. The zero-order valence-electron chi connectivity index (χ0n) is 32.0. The van der Waals surface area contributed by atoms with Gasteiger partial charge in [0.15, 0.2) is 6.29 Å². The summed E-state index contributed by atoms with van der Waals surface area (Å²) >= 11 is 0. The van der Waals surface area contributed by atoms with E-state index < -0.39 is 36.8 Å². The van der Waals surface area contributed by atoms with Crippen LogP contribution >= 0.6 is 0 Å². The molecule has 6 rings (SSSR count). The molecule has 0 spiro atoms. The highest BCUT2D eigenvalue weighted by atomic mass is 16.7. The zero-order chi connectivity index (χ0) is 38.8. The summed E-state index contributed by atoms with van der Waals surface area (Å²) < 4.78 is 56.2.